The number of benzene rings is 1. The van der Waals surface area contributed by atoms with E-state index in [-0.39, 0.29) is 0 Å². The lowest BCUT2D eigenvalue weighted by atomic mass is 9.58. The third kappa shape index (κ3) is 1.73. The SMILES string of the molecule is Nc1ccc(C2CCC3(CCC3)CC2)cc1. The van der Waals surface area contributed by atoms with Crippen LogP contribution >= 0.6 is 0 Å². The van der Waals surface area contributed by atoms with Crippen molar-refractivity contribution in [3.8, 4) is 0 Å². The Balaban J connectivity index is 1.67. The van der Waals surface area contributed by atoms with E-state index in [1.807, 2.05) is 12.1 Å². The molecule has 16 heavy (non-hydrogen) atoms. The second-order valence-corrected chi connectivity index (χ2v) is 5.79. The van der Waals surface area contributed by atoms with Crippen LogP contribution in [0.25, 0.3) is 0 Å². The maximum atomic E-state index is 5.73. The summed E-state index contributed by atoms with van der Waals surface area (Å²) in [5.41, 5.74) is 8.90. The zero-order valence-corrected chi connectivity index (χ0v) is 9.91. The summed E-state index contributed by atoms with van der Waals surface area (Å²) in [6, 6.07) is 8.53. The Morgan fingerprint density at radius 1 is 0.938 bits per heavy atom. The topological polar surface area (TPSA) is 26.0 Å². The first-order chi connectivity index (χ1) is 7.77. The second-order valence-electron chi connectivity index (χ2n) is 5.79. The summed E-state index contributed by atoms with van der Waals surface area (Å²) in [5.74, 6) is 0.798. The van der Waals surface area contributed by atoms with Gasteiger partial charge in [-0.2, -0.15) is 0 Å². The highest BCUT2D eigenvalue weighted by molar-refractivity contribution is 5.40. The fourth-order valence-electron chi connectivity index (χ4n) is 3.51. The van der Waals surface area contributed by atoms with Gasteiger partial charge in [-0.15, -0.1) is 0 Å². The molecule has 3 rings (SSSR count). The van der Waals surface area contributed by atoms with E-state index in [1.54, 1.807) is 0 Å². The molecule has 2 N–H and O–H groups in total. The smallest absolute Gasteiger partial charge is 0.0314 e. The molecule has 0 unspecified atom stereocenters. The van der Waals surface area contributed by atoms with Crippen LogP contribution in [0.15, 0.2) is 24.3 Å². The monoisotopic (exact) mass is 215 g/mol. The van der Waals surface area contributed by atoms with Crippen LogP contribution in [0.5, 0.6) is 0 Å². The van der Waals surface area contributed by atoms with Gasteiger partial charge in [0.05, 0.1) is 0 Å². The van der Waals surface area contributed by atoms with Crippen molar-refractivity contribution in [3.05, 3.63) is 29.8 Å². The molecular weight excluding hydrogens is 194 g/mol. The first-order valence-electron chi connectivity index (χ1n) is 6.63. The fourth-order valence-corrected chi connectivity index (χ4v) is 3.51. The van der Waals surface area contributed by atoms with Crippen molar-refractivity contribution >= 4 is 5.69 Å². The molecular formula is C15H21N. The number of nitrogen functional groups attached to an aromatic ring is 1. The molecule has 0 aromatic heterocycles. The highest BCUT2D eigenvalue weighted by atomic mass is 14.5. The van der Waals surface area contributed by atoms with Crippen molar-refractivity contribution < 1.29 is 0 Å². The molecule has 0 amide bonds. The van der Waals surface area contributed by atoms with Gasteiger partial charge in [0.2, 0.25) is 0 Å². The van der Waals surface area contributed by atoms with Gasteiger partial charge in [-0.1, -0.05) is 18.6 Å². The van der Waals surface area contributed by atoms with E-state index < -0.39 is 0 Å². The normalized spacial score (nSPS) is 24.2. The molecule has 1 aromatic rings. The molecule has 0 saturated heterocycles. The van der Waals surface area contributed by atoms with Crippen molar-refractivity contribution in [3.63, 3.8) is 0 Å². The molecule has 1 spiro atoms. The highest BCUT2D eigenvalue weighted by Gasteiger charge is 2.39. The van der Waals surface area contributed by atoms with Gasteiger partial charge in [-0.25, -0.2) is 0 Å². The molecule has 1 aromatic carbocycles. The van der Waals surface area contributed by atoms with Crippen LogP contribution in [-0.2, 0) is 0 Å². The Kier molecular flexibility index (Phi) is 2.42. The molecule has 0 atom stereocenters. The summed E-state index contributed by atoms with van der Waals surface area (Å²) >= 11 is 0. The van der Waals surface area contributed by atoms with Crippen molar-refractivity contribution in [2.75, 3.05) is 5.73 Å². The summed E-state index contributed by atoms with van der Waals surface area (Å²) in [6.45, 7) is 0. The van der Waals surface area contributed by atoms with Gasteiger partial charge >= 0.3 is 0 Å². The van der Waals surface area contributed by atoms with Crippen LogP contribution in [0, 0.1) is 5.41 Å². The van der Waals surface area contributed by atoms with Crippen molar-refractivity contribution in [2.45, 2.75) is 50.9 Å². The highest BCUT2D eigenvalue weighted by Crippen LogP contribution is 2.54. The van der Waals surface area contributed by atoms with E-state index in [4.69, 9.17) is 5.73 Å². The van der Waals surface area contributed by atoms with E-state index in [9.17, 15) is 0 Å². The zero-order valence-electron chi connectivity index (χ0n) is 9.91. The van der Waals surface area contributed by atoms with Gasteiger partial charge in [-0.05, 0) is 67.6 Å². The molecule has 0 radical (unpaired) electrons. The first kappa shape index (κ1) is 10.2. The molecule has 0 aliphatic heterocycles. The van der Waals surface area contributed by atoms with Gasteiger partial charge in [0.15, 0.2) is 0 Å². The summed E-state index contributed by atoms with van der Waals surface area (Å²) in [6.07, 6.45) is 10.2. The number of nitrogens with two attached hydrogens (primary N) is 1. The maximum Gasteiger partial charge on any atom is 0.0314 e. The van der Waals surface area contributed by atoms with Gasteiger partial charge in [0.1, 0.15) is 0 Å². The first-order valence-corrected chi connectivity index (χ1v) is 6.63. The second kappa shape index (κ2) is 3.80. The van der Waals surface area contributed by atoms with Gasteiger partial charge in [-0.3, -0.25) is 0 Å². The Bertz CT molecular complexity index is 352. The predicted octanol–water partition coefficient (Wildman–Crippen LogP) is 4.10. The molecule has 0 heterocycles. The molecule has 1 nitrogen and oxygen atoms in total. The third-order valence-electron chi connectivity index (χ3n) is 4.87. The molecule has 86 valence electrons. The van der Waals surface area contributed by atoms with Crippen molar-refractivity contribution in [2.24, 2.45) is 5.41 Å². The summed E-state index contributed by atoms with van der Waals surface area (Å²) in [7, 11) is 0. The maximum absolute atomic E-state index is 5.73. The Morgan fingerprint density at radius 2 is 1.56 bits per heavy atom. The number of hydrogen-bond acceptors (Lipinski definition) is 1. The quantitative estimate of drug-likeness (QED) is 0.701. The van der Waals surface area contributed by atoms with Crippen LogP contribution < -0.4 is 5.73 Å². The largest absolute Gasteiger partial charge is 0.399 e. The minimum absolute atomic E-state index is 0.782. The van der Waals surface area contributed by atoms with Crippen LogP contribution in [0.3, 0.4) is 0 Å². The molecule has 2 fully saturated rings. The number of anilines is 1. The molecule has 2 saturated carbocycles. The zero-order chi connectivity index (χ0) is 11.0. The van der Waals surface area contributed by atoms with Gasteiger partial charge < -0.3 is 5.73 Å². The van der Waals surface area contributed by atoms with Crippen LogP contribution in [0.1, 0.15) is 56.4 Å². The van der Waals surface area contributed by atoms with Crippen molar-refractivity contribution in [1.82, 2.24) is 0 Å². The summed E-state index contributed by atoms with van der Waals surface area (Å²) in [4.78, 5) is 0. The number of rotatable bonds is 1. The Hall–Kier alpha value is -0.980. The summed E-state index contributed by atoms with van der Waals surface area (Å²) < 4.78 is 0. The van der Waals surface area contributed by atoms with E-state index >= 15 is 0 Å². The molecule has 1 heteroatoms. The average molecular weight is 215 g/mol. The minimum atomic E-state index is 0.782. The lowest BCUT2D eigenvalue weighted by Gasteiger charge is -2.47. The lowest BCUT2D eigenvalue weighted by Crippen LogP contribution is -2.33. The third-order valence-corrected chi connectivity index (χ3v) is 4.87. The van der Waals surface area contributed by atoms with E-state index in [0.29, 0.717) is 0 Å². The average Bonchev–Trinajstić information content (AvgIpc) is 2.28. The predicted molar refractivity (Wildman–Crippen MR) is 68.3 cm³/mol. The van der Waals surface area contributed by atoms with E-state index in [1.165, 1.54) is 50.5 Å². The van der Waals surface area contributed by atoms with Gasteiger partial charge in [0.25, 0.3) is 0 Å². The minimum Gasteiger partial charge on any atom is -0.399 e. The van der Waals surface area contributed by atoms with Crippen LogP contribution in [0.2, 0.25) is 0 Å². The molecule has 2 aliphatic carbocycles. The standard InChI is InChI=1S/C15H21N/c16-14-4-2-12(3-5-14)13-6-10-15(11-7-13)8-1-9-15/h2-5,13H,1,6-11,16H2. The van der Waals surface area contributed by atoms with Gasteiger partial charge in [0, 0.05) is 5.69 Å². The molecule has 2 aliphatic rings. The van der Waals surface area contributed by atoms with Crippen LogP contribution in [0.4, 0.5) is 5.69 Å². The van der Waals surface area contributed by atoms with E-state index in [0.717, 1.165) is 17.0 Å². The van der Waals surface area contributed by atoms with Crippen molar-refractivity contribution in [1.29, 1.82) is 0 Å². The Morgan fingerprint density at radius 3 is 2.06 bits per heavy atom. The number of hydrogen-bond donors (Lipinski definition) is 1. The summed E-state index contributed by atoms with van der Waals surface area (Å²) in [5, 5.41) is 0. The van der Waals surface area contributed by atoms with Crippen LogP contribution in [-0.4, -0.2) is 0 Å². The lowest BCUT2D eigenvalue weighted by molar-refractivity contribution is 0.0693. The van der Waals surface area contributed by atoms with E-state index in [2.05, 4.69) is 12.1 Å². The fraction of sp³-hybridized carbons (Fsp3) is 0.600. The Labute approximate surface area is 98.0 Å². The molecule has 0 bridgehead atoms.